The van der Waals surface area contributed by atoms with Crippen LogP contribution in [0.2, 0.25) is 0 Å². The van der Waals surface area contributed by atoms with Crippen LogP contribution < -0.4 is 14.7 Å². The first kappa shape index (κ1) is 27.2. The molecule has 1 aromatic carbocycles. The van der Waals surface area contributed by atoms with Crippen LogP contribution in [0.5, 0.6) is 0 Å². The number of nitrogens with one attached hydrogen (secondary N) is 1. The SMILES string of the molecule is CC.CCc1ccc2c(c1)N(C1CCCC1)C(c1ccc(N(S)N[C@H](C)C(F)(F)F)cn1)C2C#N. The van der Waals surface area contributed by atoms with Crippen molar-refractivity contribution in [3.63, 3.8) is 0 Å². The van der Waals surface area contributed by atoms with Crippen molar-refractivity contribution in [1.29, 1.82) is 5.26 Å². The van der Waals surface area contributed by atoms with Crippen molar-refractivity contribution in [2.45, 2.75) is 90.0 Å². The number of halogens is 3. The lowest BCUT2D eigenvalue weighted by molar-refractivity contribution is -0.151. The number of hydrazine groups is 1. The third-order valence-electron chi connectivity index (χ3n) is 6.71. The Labute approximate surface area is 211 Å². The molecule has 3 atom stereocenters. The van der Waals surface area contributed by atoms with E-state index in [0.29, 0.717) is 11.7 Å². The van der Waals surface area contributed by atoms with Gasteiger partial charge in [0.2, 0.25) is 0 Å². The molecule has 0 bridgehead atoms. The number of fused-ring (bicyclic) bond motifs is 1. The maximum atomic E-state index is 12.9. The number of anilines is 2. The second kappa shape index (κ2) is 11.5. The monoisotopic (exact) mass is 505 g/mol. The quantitative estimate of drug-likeness (QED) is 0.331. The number of aromatic nitrogens is 1. The van der Waals surface area contributed by atoms with Gasteiger partial charge in [-0.15, -0.1) is 0 Å². The molecule has 0 amide bonds. The molecule has 9 heteroatoms. The maximum absolute atomic E-state index is 12.9. The van der Waals surface area contributed by atoms with Gasteiger partial charge >= 0.3 is 6.18 Å². The molecule has 0 radical (unpaired) electrons. The molecule has 1 aromatic heterocycles. The molecule has 0 spiro atoms. The molecule has 1 fully saturated rings. The molecule has 5 nitrogen and oxygen atoms in total. The van der Waals surface area contributed by atoms with Crippen LogP contribution in [0.1, 0.15) is 82.2 Å². The highest BCUT2D eigenvalue weighted by atomic mass is 32.1. The van der Waals surface area contributed by atoms with E-state index >= 15 is 0 Å². The fourth-order valence-electron chi connectivity index (χ4n) is 4.86. The molecule has 35 heavy (non-hydrogen) atoms. The summed E-state index contributed by atoms with van der Waals surface area (Å²) in [5.41, 5.74) is 6.78. The fraction of sp³-hybridized carbons (Fsp3) is 0.538. The zero-order chi connectivity index (χ0) is 25.8. The average Bonchev–Trinajstić information content (AvgIpc) is 3.50. The van der Waals surface area contributed by atoms with Crippen LogP contribution in [0.25, 0.3) is 0 Å². The van der Waals surface area contributed by atoms with Gasteiger partial charge in [0.05, 0.1) is 35.6 Å². The Morgan fingerprint density at radius 3 is 2.46 bits per heavy atom. The van der Waals surface area contributed by atoms with Gasteiger partial charge in [-0.2, -0.15) is 18.4 Å². The summed E-state index contributed by atoms with van der Waals surface area (Å²) in [4.78, 5) is 6.97. The minimum Gasteiger partial charge on any atom is -0.358 e. The summed E-state index contributed by atoms with van der Waals surface area (Å²) >= 11 is 4.14. The smallest absolute Gasteiger partial charge is 0.358 e. The van der Waals surface area contributed by atoms with Crippen molar-refractivity contribution in [1.82, 2.24) is 10.4 Å². The summed E-state index contributed by atoms with van der Waals surface area (Å²) in [7, 11) is 0. The van der Waals surface area contributed by atoms with Crippen LogP contribution in [-0.4, -0.2) is 23.2 Å². The van der Waals surface area contributed by atoms with Crippen molar-refractivity contribution in [3.8, 4) is 6.07 Å². The number of benzene rings is 1. The Kier molecular flexibility index (Phi) is 8.94. The standard InChI is InChI=1S/C24H28F3N5S.C2H6/c1-3-16-8-10-19-20(13-28)23(31(22(19)12-16)17-6-4-5-7-17)21-11-9-18(14-29-21)32(33)30-15(2)24(25,26)27;1-2/h8-12,14-15,17,20,23,30,33H,3-7H2,1-2H3;1-2H3/t15-,20?,23?;/m1./s1. The van der Waals surface area contributed by atoms with Gasteiger partial charge in [0.15, 0.2) is 0 Å². The van der Waals surface area contributed by atoms with Crippen LogP contribution in [0, 0.1) is 11.3 Å². The molecule has 190 valence electrons. The number of aryl methyl sites for hydroxylation is 1. The summed E-state index contributed by atoms with van der Waals surface area (Å²) in [6, 6.07) is 10.7. The zero-order valence-electron chi connectivity index (χ0n) is 20.7. The van der Waals surface area contributed by atoms with Crippen molar-refractivity contribution in [2.75, 3.05) is 9.31 Å². The molecule has 1 saturated carbocycles. The number of nitrogens with zero attached hydrogens (tertiary/aromatic N) is 4. The zero-order valence-corrected chi connectivity index (χ0v) is 21.6. The number of hydrogen-bond acceptors (Lipinski definition) is 6. The van der Waals surface area contributed by atoms with E-state index in [1.54, 1.807) is 12.1 Å². The minimum atomic E-state index is -4.39. The van der Waals surface area contributed by atoms with Crippen LogP contribution in [0.3, 0.4) is 0 Å². The maximum Gasteiger partial charge on any atom is 0.405 e. The van der Waals surface area contributed by atoms with Crippen molar-refractivity contribution in [2.24, 2.45) is 0 Å². The van der Waals surface area contributed by atoms with E-state index in [1.807, 2.05) is 13.8 Å². The number of hydrogen-bond donors (Lipinski definition) is 2. The molecular formula is C26H34F3N5S. The van der Waals surface area contributed by atoms with Gasteiger partial charge < -0.3 is 4.90 Å². The van der Waals surface area contributed by atoms with Gasteiger partial charge in [0, 0.05) is 11.7 Å². The Morgan fingerprint density at radius 1 is 1.23 bits per heavy atom. The highest BCUT2D eigenvalue weighted by Gasteiger charge is 2.44. The molecule has 1 aliphatic carbocycles. The normalized spacial score (nSPS) is 20.6. The number of alkyl halides is 3. The Hall–Kier alpha value is -2.44. The Bertz CT molecular complexity index is 1020. The summed E-state index contributed by atoms with van der Waals surface area (Å²) in [5.74, 6) is -0.361. The van der Waals surface area contributed by atoms with E-state index in [4.69, 9.17) is 0 Å². The van der Waals surface area contributed by atoms with Gasteiger partial charge in [0.25, 0.3) is 0 Å². The first-order chi connectivity index (χ1) is 16.7. The Balaban J connectivity index is 0.00000167. The van der Waals surface area contributed by atoms with Crippen molar-refractivity contribution >= 4 is 24.2 Å². The highest BCUT2D eigenvalue weighted by molar-refractivity contribution is 7.81. The molecule has 2 aliphatic rings. The summed E-state index contributed by atoms with van der Waals surface area (Å²) in [6.07, 6.45) is 2.51. The second-order valence-electron chi connectivity index (χ2n) is 8.79. The molecule has 1 N–H and O–H groups in total. The van der Waals surface area contributed by atoms with Crippen LogP contribution in [0.15, 0.2) is 36.5 Å². The van der Waals surface area contributed by atoms with E-state index in [2.05, 4.69) is 59.3 Å². The van der Waals surface area contributed by atoms with Crippen molar-refractivity contribution < 1.29 is 13.2 Å². The minimum absolute atomic E-state index is 0.232. The molecule has 2 heterocycles. The van der Waals surface area contributed by atoms with Gasteiger partial charge in [0.1, 0.15) is 6.04 Å². The highest BCUT2D eigenvalue weighted by Crippen LogP contribution is 2.51. The number of thiol groups is 1. The lowest BCUT2D eigenvalue weighted by Gasteiger charge is -2.34. The molecule has 2 unspecified atom stereocenters. The van der Waals surface area contributed by atoms with E-state index in [1.165, 1.54) is 11.8 Å². The first-order valence-corrected chi connectivity index (χ1v) is 12.7. The predicted molar refractivity (Wildman–Crippen MR) is 137 cm³/mol. The summed E-state index contributed by atoms with van der Waals surface area (Å²) in [6.45, 7) is 7.15. The topological polar surface area (TPSA) is 55.2 Å². The molecule has 2 aromatic rings. The fourth-order valence-corrected chi connectivity index (χ4v) is 5.16. The van der Waals surface area contributed by atoms with Gasteiger partial charge in [-0.05, 0) is 68.3 Å². The lowest BCUT2D eigenvalue weighted by Crippen LogP contribution is -2.46. The largest absolute Gasteiger partial charge is 0.405 e. The molecule has 0 saturated heterocycles. The van der Waals surface area contributed by atoms with Crippen LogP contribution >= 0.6 is 12.8 Å². The number of nitriles is 1. The van der Waals surface area contributed by atoms with E-state index in [-0.39, 0.29) is 12.0 Å². The van der Waals surface area contributed by atoms with E-state index in [0.717, 1.165) is 60.4 Å². The van der Waals surface area contributed by atoms with Gasteiger partial charge in [-0.3, -0.25) is 9.40 Å². The number of pyridine rings is 1. The molecule has 4 rings (SSSR count). The first-order valence-electron chi connectivity index (χ1n) is 12.3. The Morgan fingerprint density at radius 2 is 1.91 bits per heavy atom. The van der Waals surface area contributed by atoms with Gasteiger partial charge in [-0.1, -0.05) is 45.7 Å². The van der Waals surface area contributed by atoms with E-state index < -0.39 is 12.2 Å². The third-order valence-corrected chi connectivity index (χ3v) is 7.06. The average molecular weight is 506 g/mol. The predicted octanol–water partition coefficient (Wildman–Crippen LogP) is 6.89. The number of rotatable bonds is 6. The van der Waals surface area contributed by atoms with Crippen LogP contribution in [-0.2, 0) is 6.42 Å². The van der Waals surface area contributed by atoms with E-state index in [9.17, 15) is 18.4 Å². The third kappa shape index (κ3) is 5.70. The second-order valence-corrected chi connectivity index (χ2v) is 9.19. The summed E-state index contributed by atoms with van der Waals surface area (Å²) < 4.78 is 39.7. The van der Waals surface area contributed by atoms with Gasteiger partial charge in [-0.25, -0.2) is 5.43 Å². The summed E-state index contributed by atoms with van der Waals surface area (Å²) in [5, 5.41) is 10.1. The lowest BCUT2D eigenvalue weighted by atomic mass is 9.93. The van der Waals surface area contributed by atoms with Crippen LogP contribution in [0.4, 0.5) is 24.5 Å². The molecule has 1 aliphatic heterocycles. The van der Waals surface area contributed by atoms with Crippen molar-refractivity contribution in [3.05, 3.63) is 53.3 Å². The molecular weight excluding hydrogens is 471 g/mol.